The van der Waals surface area contributed by atoms with Gasteiger partial charge in [0.25, 0.3) is 5.91 Å². The number of rotatable bonds is 3. The van der Waals surface area contributed by atoms with E-state index in [2.05, 4.69) is 5.32 Å². The third kappa shape index (κ3) is 3.33. The van der Waals surface area contributed by atoms with Crippen molar-refractivity contribution >= 4 is 11.6 Å². The minimum absolute atomic E-state index is 0.170. The summed E-state index contributed by atoms with van der Waals surface area (Å²) in [5.74, 6) is -0.170. The first-order valence-electron chi connectivity index (χ1n) is 5.82. The molecule has 0 aliphatic carbocycles. The third-order valence-electron chi connectivity index (χ3n) is 2.68. The number of nitrogens with one attached hydrogen (secondary N) is 1. The number of nitriles is 1. The van der Waals surface area contributed by atoms with Crippen molar-refractivity contribution in [3.8, 4) is 6.07 Å². The van der Waals surface area contributed by atoms with E-state index in [1.165, 1.54) is 0 Å². The predicted molar refractivity (Wildman–Crippen MR) is 73.2 cm³/mol. The van der Waals surface area contributed by atoms with Gasteiger partial charge < -0.3 is 11.1 Å². The van der Waals surface area contributed by atoms with Gasteiger partial charge in [-0.15, -0.1) is 0 Å². The van der Waals surface area contributed by atoms with Crippen molar-refractivity contribution in [3.63, 3.8) is 0 Å². The van der Waals surface area contributed by atoms with Crippen LogP contribution >= 0.6 is 0 Å². The van der Waals surface area contributed by atoms with Crippen molar-refractivity contribution in [2.75, 3.05) is 5.73 Å². The Kier molecular flexibility index (Phi) is 3.79. The van der Waals surface area contributed by atoms with E-state index in [0.29, 0.717) is 23.4 Å². The first-order chi connectivity index (χ1) is 9.19. The number of anilines is 1. The molecule has 4 nitrogen and oxygen atoms in total. The number of nitrogens with two attached hydrogens (primary N) is 1. The molecule has 0 aliphatic heterocycles. The fourth-order valence-electron chi connectivity index (χ4n) is 1.66. The number of carbonyl (C=O) groups is 1. The van der Waals surface area contributed by atoms with Gasteiger partial charge in [-0.3, -0.25) is 4.79 Å². The smallest absolute Gasteiger partial charge is 0.251 e. The minimum atomic E-state index is -0.170. The van der Waals surface area contributed by atoms with Crippen molar-refractivity contribution < 1.29 is 4.79 Å². The van der Waals surface area contributed by atoms with E-state index in [9.17, 15) is 4.79 Å². The van der Waals surface area contributed by atoms with Crippen LogP contribution in [0.4, 0.5) is 5.69 Å². The lowest BCUT2D eigenvalue weighted by molar-refractivity contribution is 0.0951. The van der Waals surface area contributed by atoms with Crippen LogP contribution in [-0.4, -0.2) is 5.91 Å². The van der Waals surface area contributed by atoms with Crippen LogP contribution in [0.15, 0.2) is 48.5 Å². The van der Waals surface area contributed by atoms with Crippen LogP contribution in [0.3, 0.4) is 0 Å². The average molecular weight is 251 g/mol. The van der Waals surface area contributed by atoms with Crippen molar-refractivity contribution in [1.29, 1.82) is 5.26 Å². The highest BCUT2D eigenvalue weighted by molar-refractivity contribution is 5.94. The molecule has 0 unspecified atom stereocenters. The molecule has 0 aliphatic rings. The van der Waals surface area contributed by atoms with Crippen molar-refractivity contribution in [2.45, 2.75) is 6.54 Å². The van der Waals surface area contributed by atoms with Gasteiger partial charge in [0.15, 0.2) is 0 Å². The Bertz CT molecular complexity index is 627. The second-order valence-corrected chi connectivity index (χ2v) is 4.12. The van der Waals surface area contributed by atoms with Gasteiger partial charge in [-0.1, -0.05) is 18.2 Å². The molecular weight excluding hydrogens is 238 g/mol. The van der Waals surface area contributed by atoms with Gasteiger partial charge in [0, 0.05) is 17.8 Å². The number of benzene rings is 2. The summed E-state index contributed by atoms with van der Waals surface area (Å²) in [4.78, 5) is 11.9. The van der Waals surface area contributed by atoms with Crippen LogP contribution in [0, 0.1) is 11.3 Å². The molecule has 1 amide bonds. The van der Waals surface area contributed by atoms with Crippen LogP contribution in [-0.2, 0) is 6.54 Å². The Morgan fingerprint density at radius 1 is 1.21 bits per heavy atom. The van der Waals surface area contributed by atoms with Gasteiger partial charge >= 0.3 is 0 Å². The van der Waals surface area contributed by atoms with E-state index in [0.717, 1.165) is 5.56 Å². The molecule has 0 saturated carbocycles. The summed E-state index contributed by atoms with van der Waals surface area (Å²) in [6.45, 7) is 0.416. The summed E-state index contributed by atoms with van der Waals surface area (Å²) in [5, 5.41) is 11.5. The maximum absolute atomic E-state index is 11.9. The molecule has 0 heterocycles. The molecule has 2 aromatic rings. The molecule has 0 radical (unpaired) electrons. The van der Waals surface area contributed by atoms with E-state index in [4.69, 9.17) is 11.0 Å². The summed E-state index contributed by atoms with van der Waals surface area (Å²) in [5.41, 5.74) is 8.27. The molecule has 0 spiro atoms. The molecule has 0 aromatic heterocycles. The van der Waals surface area contributed by atoms with Crippen molar-refractivity contribution in [1.82, 2.24) is 5.32 Å². The Balaban J connectivity index is 1.98. The normalized spacial score (nSPS) is 9.63. The molecule has 3 N–H and O–H groups in total. The summed E-state index contributed by atoms with van der Waals surface area (Å²) >= 11 is 0. The number of amides is 1. The van der Waals surface area contributed by atoms with Crippen LogP contribution in [0.1, 0.15) is 21.5 Å². The van der Waals surface area contributed by atoms with Gasteiger partial charge in [-0.25, -0.2) is 0 Å². The molecule has 2 rings (SSSR count). The van der Waals surface area contributed by atoms with Crippen molar-refractivity contribution in [3.05, 3.63) is 65.2 Å². The highest BCUT2D eigenvalue weighted by Crippen LogP contribution is 2.07. The van der Waals surface area contributed by atoms with E-state index in [1.807, 2.05) is 18.2 Å². The fourth-order valence-corrected chi connectivity index (χ4v) is 1.66. The van der Waals surface area contributed by atoms with E-state index < -0.39 is 0 Å². The summed E-state index contributed by atoms with van der Waals surface area (Å²) in [6, 6.07) is 16.0. The molecule has 94 valence electrons. The zero-order valence-corrected chi connectivity index (χ0v) is 10.3. The highest BCUT2D eigenvalue weighted by atomic mass is 16.1. The molecule has 0 fully saturated rings. The third-order valence-corrected chi connectivity index (χ3v) is 2.68. The first-order valence-corrected chi connectivity index (χ1v) is 5.82. The highest BCUT2D eigenvalue weighted by Gasteiger charge is 2.05. The maximum Gasteiger partial charge on any atom is 0.251 e. The standard InChI is InChI=1S/C15H13N3O/c16-9-11-4-6-12(7-5-11)10-18-15(19)13-2-1-3-14(17)8-13/h1-8H,10,17H2,(H,18,19). The average Bonchev–Trinajstić information content (AvgIpc) is 2.45. The Hall–Kier alpha value is -2.80. The van der Waals surface area contributed by atoms with Gasteiger partial charge in [-0.2, -0.15) is 5.26 Å². The van der Waals surface area contributed by atoms with Crippen LogP contribution in [0.25, 0.3) is 0 Å². The SMILES string of the molecule is N#Cc1ccc(CNC(=O)c2cccc(N)c2)cc1. The van der Waals surface area contributed by atoms with E-state index in [1.54, 1.807) is 36.4 Å². The molecule has 0 saturated heterocycles. The van der Waals surface area contributed by atoms with Gasteiger partial charge in [0.05, 0.1) is 11.6 Å². The lowest BCUT2D eigenvalue weighted by Gasteiger charge is -2.06. The molecule has 0 atom stereocenters. The number of hydrogen-bond donors (Lipinski definition) is 2. The largest absolute Gasteiger partial charge is 0.399 e. The maximum atomic E-state index is 11.9. The predicted octanol–water partition coefficient (Wildman–Crippen LogP) is 2.07. The van der Waals surface area contributed by atoms with Gasteiger partial charge in [-0.05, 0) is 35.9 Å². The minimum Gasteiger partial charge on any atom is -0.399 e. The summed E-state index contributed by atoms with van der Waals surface area (Å²) in [7, 11) is 0. The molecule has 4 heteroatoms. The number of nitrogens with zero attached hydrogens (tertiary/aromatic N) is 1. The van der Waals surface area contributed by atoms with Gasteiger partial charge in [0.2, 0.25) is 0 Å². The number of carbonyl (C=O) groups excluding carboxylic acids is 1. The Morgan fingerprint density at radius 3 is 2.58 bits per heavy atom. The van der Waals surface area contributed by atoms with Gasteiger partial charge in [0.1, 0.15) is 0 Å². The zero-order valence-electron chi connectivity index (χ0n) is 10.3. The van der Waals surface area contributed by atoms with E-state index in [-0.39, 0.29) is 5.91 Å². The van der Waals surface area contributed by atoms with Crippen LogP contribution in [0.2, 0.25) is 0 Å². The van der Waals surface area contributed by atoms with Crippen LogP contribution in [0.5, 0.6) is 0 Å². The molecule has 2 aromatic carbocycles. The molecule has 0 bridgehead atoms. The summed E-state index contributed by atoms with van der Waals surface area (Å²) in [6.07, 6.45) is 0. The van der Waals surface area contributed by atoms with Crippen molar-refractivity contribution in [2.24, 2.45) is 0 Å². The molecular formula is C15H13N3O. The quantitative estimate of drug-likeness (QED) is 0.819. The number of nitrogen functional groups attached to an aromatic ring is 1. The van der Waals surface area contributed by atoms with Crippen LogP contribution < -0.4 is 11.1 Å². The number of hydrogen-bond acceptors (Lipinski definition) is 3. The Morgan fingerprint density at radius 2 is 1.95 bits per heavy atom. The first kappa shape index (κ1) is 12.7. The molecule has 19 heavy (non-hydrogen) atoms. The fraction of sp³-hybridized carbons (Fsp3) is 0.0667. The lowest BCUT2D eigenvalue weighted by atomic mass is 10.1. The van der Waals surface area contributed by atoms with E-state index >= 15 is 0 Å². The second kappa shape index (κ2) is 5.69. The summed E-state index contributed by atoms with van der Waals surface area (Å²) < 4.78 is 0. The topological polar surface area (TPSA) is 78.9 Å². The monoisotopic (exact) mass is 251 g/mol. The second-order valence-electron chi connectivity index (χ2n) is 4.12. The Labute approximate surface area is 111 Å². The lowest BCUT2D eigenvalue weighted by Crippen LogP contribution is -2.22. The zero-order chi connectivity index (χ0) is 13.7.